The number of carbonyl (C=O) groups is 2. The van der Waals surface area contributed by atoms with Gasteiger partial charge in [-0.05, 0) is 60.7 Å². The molecule has 0 bridgehead atoms. The minimum Gasteiger partial charge on any atom is -0.300 e. The van der Waals surface area contributed by atoms with Gasteiger partial charge in [0.2, 0.25) is 0 Å². The molecular formula is C21H27NO2. The Morgan fingerprint density at radius 3 is 2.71 bits per heavy atom. The smallest absolute Gasteiger partial charge is 0.154 e. The first-order chi connectivity index (χ1) is 11.4. The van der Waals surface area contributed by atoms with E-state index in [1.165, 1.54) is 5.57 Å². The highest BCUT2D eigenvalue weighted by Crippen LogP contribution is 2.66. The zero-order valence-corrected chi connectivity index (χ0v) is 14.8. The standard InChI is InChI=1S/C21H27NO2/c1-20-9-8-15(23)10-13(20)4-6-16-17-7-5-14(12-22-3)21(17,2)11-18(24)19(16)20/h12-13,16-17,19H,4-11H2,1-2H3/b14-12-/t13-,16+,17+,19-,20+,21-/m1/s1. The lowest BCUT2D eigenvalue weighted by molar-refractivity contribution is -0.156. The van der Waals surface area contributed by atoms with Gasteiger partial charge in [0.15, 0.2) is 6.20 Å². The molecule has 0 spiro atoms. The largest absolute Gasteiger partial charge is 0.300 e. The van der Waals surface area contributed by atoms with E-state index in [-0.39, 0.29) is 16.7 Å². The first kappa shape index (κ1) is 16.1. The summed E-state index contributed by atoms with van der Waals surface area (Å²) in [6.45, 7) is 11.7. The van der Waals surface area contributed by atoms with Gasteiger partial charge in [-0.15, -0.1) is 0 Å². The Kier molecular flexibility index (Phi) is 3.53. The quantitative estimate of drug-likeness (QED) is 0.611. The maximum absolute atomic E-state index is 13.3. The van der Waals surface area contributed by atoms with Crippen LogP contribution in [-0.4, -0.2) is 11.6 Å². The normalized spacial score (nSPS) is 49.3. The van der Waals surface area contributed by atoms with Crippen LogP contribution < -0.4 is 0 Å². The van der Waals surface area contributed by atoms with E-state index in [0.29, 0.717) is 48.6 Å². The van der Waals surface area contributed by atoms with Crippen LogP contribution in [0.1, 0.15) is 65.2 Å². The summed E-state index contributed by atoms with van der Waals surface area (Å²) in [5.74, 6) is 2.37. The Balaban J connectivity index is 1.71. The lowest BCUT2D eigenvalue weighted by atomic mass is 9.45. The molecule has 0 heterocycles. The van der Waals surface area contributed by atoms with Crippen molar-refractivity contribution in [2.45, 2.75) is 65.2 Å². The molecule has 0 N–H and O–H groups in total. The second-order valence-electron chi connectivity index (χ2n) is 9.15. The fourth-order valence-corrected chi connectivity index (χ4v) is 7.00. The van der Waals surface area contributed by atoms with E-state index in [2.05, 4.69) is 18.7 Å². The molecule has 4 rings (SSSR count). The minimum absolute atomic E-state index is 0.0293. The molecule has 6 atom stereocenters. The second kappa shape index (κ2) is 5.28. The first-order valence-corrected chi connectivity index (χ1v) is 9.50. The van der Waals surface area contributed by atoms with Crippen LogP contribution in [0.2, 0.25) is 0 Å². The summed E-state index contributed by atoms with van der Waals surface area (Å²) >= 11 is 0. The van der Waals surface area contributed by atoms with Crippen molar-refractivity contribution in [3.05, 3.63) is 23.2 Å². The molecule has 0 aliphatic heterocycles. The van der Waals surface area contributed by atoms with Gasteiger partial charge in [-0.3, -0.25) is 9.59 Å². The van der Waals surface area contributed by atoms with Gasteiger partial charge >= 0.3 is 0 Å². The fourth-order valence-electron chi connectivity index (χ4n) is 7.00. The molecule has 3 heteroatoms. The number of rotatable bonds is 0. The number of Topliss-reactive ketones (excluding diaryl/α,β-unsaturated/α-hetero) is 2. The summed E-state index contributed by atoms with van der Waals surface area (Å²) in [5, 5.41) is 0. The van der Waals surface area contributed by atoms with Gasteiger partial charge < -0.3 is 0 Å². The van der Waals surface area contributed by atoms with Crippen molar-refractivity contribution in [2.24, 2.45) is 34.5 Å². The summed E-state index contributed by atoms with van der Waals surface area (Å²) < 4.78 is 0. The number of hydrogen-bond donors (Lipinski definition) is 0. The molecule has 24 heavy (non-hydrogen) atoms. The number of allylic oxidation sites excluding steroid dienone is 1. The molecular weight excluding hydrogens is 298 g/mol. The molecule has 0 saturated heterocycles. The Morgan fingerprint density at radius 2 is 1.96 bits per heavy atom. The first-order valence-electron chi connectivity index (χ1n) is 9.50. The van der Waals surface area contributed by atoms with Crippen LogP contribution >= 0.6 is 0 Å². The minimum atomic E-state index is -0.0868. The third kappa shape index (κ3) is 2.01. The summed E-state index contributed by atoms with van der Waals surface area (Å²) in [5.41, 5.74) is 1.15. The molecule has 0 amide bonds. The van der Waals surface area contributed by atoms with Gasteiger partial charge in [0.05, 0.1) is 6.57 Å². The van der Waals surface area contributed by atoms with Gasteiger partial charge in [0.25, 0.3) is 0 Å². The van der Waals surface area contributed by atoms with Crippen LogP contribution in [0, 0.1) is 41.1 Å². The maximum Gasteiger partial charge on any atom is 0.154 e. The Hall–Kier alpha value is -1.43. The van der Waals surface area contributed by atoms with Crippen LogP contribution in [0.15, 0.2) is 11.8 Å². The van der Waals surface area contributed by atoms with Crippen molar-refractivity contribution < 1.29 is 9.59 Å². The fraction of sp³-hybridized carbons (Fsp3) is 0.762. The number of hydrogen-bond acceptors (Lipinski definition) is 2. The molecule has 3 nitrogen and oxygen atoms in total. The van der Waals surface area contributed by atoms with Gasteiger partial charge in [-0.25, -0.2) is 4.85 Å². The molecule has 4 fully saturated rings. The van der Waals surface area contributed by atoms with E-state index >= 15 is 0 Å². The van der Waals surface area contributed by atoms with E-state index in [1.54, 1.807) is 6.20 Å². The molecule has 0 aromatic carbocycles. The van der Waals surface area contributed by atoms with Crippen LogP contribution in [0.25, 0.3) is 4.85 Å². The third-order valence-electron chi connectivity index (χ3n) is 8.24. The van der Waals surface area contributed by atoms with Crippen molar-refractivity contribution in [3.63, 3.8) is 0 Å². The van der Waals surface area contributed by atoms with Gasteiger partial charge in [-0.2, -0.15) is 0 Å². The summed E-state index contributed by atoms with van der Waals surface area (Å²) in [6.07, 6.45) is 8.87. The van der Waals surface area contributed by atoms with E-state index in [4.69, 9.17) is 6.57 Å². The third-order valence-corrected chi connectivity index (χ3v) is 8.24. The van der Waals surface area contributed by atoms with E-state index in [1.807, 2.05) is 0 Å². The monoisotopic (exact) mass is 325 g/mol. The van der Waals surface area contributed by atoms with E-state index in [0.717, 1.165) is 32.1 Å². The van der Waals surface area contributed by atoms with Gasteiger partial charge in [0.1, 0.15) is 11.6 Å². The van der Waals surface area contributed by atoms with Gasteiger partial charge in [-0.1, -0.05) is 19.4 Å². The van der Waals surface area contributed by atoms with Gasteiger partial charge in [0, 0.05) is 25.2 Å². The predicted molar refractivity (Wildman–Crippen MR) is 91.8 cm³/mol. The topological polar surface area (TPSA) is 38.5 Å². The number of nitrogens with zero attached hydrogens (tertiary/aromatic N) is 1. The zero-order valence-electron chi connectivity index (χ0n) is 14.8. The second-order valence-corrected chi connectivity index (χ2v) is 9.15. The molecule has 4 aliphatic carbocycles. The SMILES string of the molecule is [C-]#[N+]/C=C1/CC[C@H]2[C@@H]3CC[C@@H]4CC(=O)CC[C@]4(C)[C@H]3C(=O)C[C@]12C. The maximum atomic E-state index is 13.3. The van der Waals surface area contributed by atoms with Crippen molar-refractivity contribution in [1.29, 1.82) is 0 Å². The molecule has 0 aromatic rings. The predicted octanol–water partition coefficient (Wildman–Crippen LogP) is 4.58. The Bertz CT molecular complexity index is 672. The highest BCUT2D eigenvalue weighted by Gasteiger charge is 2.61. The number of fused-ring (bicyclic) bond motifs is 5. The van der Waals surface area contributed by atoms with E-state index < -0.39 is 0 Å². The van der Waals surface area contributed by atoms with Crippen LogP contribution in [0.3, 0.4) is 0 Å². The van der Waals surface area contributed by atoms with Crippen LogP contribution in [0.5, 0.6) is 0 Å². The van der Waals surface area contributed by atoms with Crippen molar-refractivity contribution in [2.75, 3.05) is 0 Å². The lowest BCUT2D eigenvalue weighted by Crippen LogP contribution is -2.56. The van der Waals surface area contributed by atoms with Crippen molar-refractivity contribution in [1.82, 2.24) is 0 Å². The van der Waals surface area contributed by atoms with Crippen molar-refractivity contribution >= 4 is 11.6 Å². The van der Waals surface area contributed by atoms with E-state index in [9.17, 15) is 9.59 Å². The molecule has 4 aliphatic rings. The van der Waals surface area contributed by atoms with Crippen LogP contribution in [0.4, 0.5) is 0 Å². The molecule has 0 unspecified atom stereocenters. The summed E-state index contributed by atoms with van der Waals surface area (Å²) in [6, 6.07) is 0. The molecule has 128 valence electrons. The Labute approximate surface area is 144 Å². The average Bonchev–Trinajstić information content (AvgIpc) is 2.84. The lowest BCUT2D eigenvalue weighted by Gasteiger charge is -2.58. The number of ketones is 2. The zero-order chi connectivity index (χ0) is 17.1. The molecule has 0 aromatic heterocycles. The van der Waals surface area contributed by atoms with Crippen LogP contribution in [-0.2, 0) is 9.59 Å². The molecule has 4 saturated carbocycles. The highest BCUT2D eigenvalue weighted by atomic mass is 16.1. The number of carbonyl (C=O) groups excluding carboxylic acids is 2. The highest BCUT2D eigenvalue weighted by molar-refractivity contribution is 5.86. The van der Waals surface area contributed by atoms with Crippen molar-refractivity contribution in [3.8, 4) is 0 Å². The summed E-state index contributed by atoms with van der Waals surface area (Å²) in [7, 11) is 0. The Morgan fingerprint density at radius 1 is 1.17 bits per heavy atom. The average molecular weight is 325 g/mol. The summed E-state index contributed by atoms with van der Waals surface area (Å²) in [4.78, 5) is 28.7. The molecule has 0 radical (unpaired) electrons.